The molecule has 0 aliphatic carbocycles. The van der Waals surface area contributed by atoms with Crippen LogP contribution in [0.4, 0.5) is 0 Å². The standard InChI is InChI=1S/C19H22O3/c1-14(2)16-8-5-6-10-18(16)22-13-15-7-3-4-9-17(15)19-20-11-12-21-19/h3-10,14,19H,11-13H2,1-2H3. The highest BCUT2D eigenvalue weighted by molar-refractivity contribution is 5.36. The van der Waals surface area contributed by atoms with Crippen molar-refractivity contribution in [1.82, 2.24) is 0 Å². The van der Waals surface area contributed by atoms with Crippen LogP contribution in [-0.2, 0) is 16.1 Å². The lowest BCUT2D eigenvalue weighted by Crippen LogP contribution is -2.06. The van der Waals surface area contributed by atoms with Crippen molar-refractivity contribution >= 4 is 0 Å². The molecule has 116 valence electrons. The molecule has 3 nitrogen and oxygen atoms in total. The molecule has 0 radical (unpaired) electrons. The van der Waals surface area contributed by atoms with Crippen LogP contribution in [0.2, 0.25) is 0 Å². The van der Waals surface area contributed by atoms with Gasteiger partial charge in [0.05, 0.1) is 13.2 Å². The maximum atomic E-state index is 6.07. The molecule has 0 atom stereocenters. The van der Waals surface area contributed by atoms with E-state index in [0.29, 0.717) is 25.7 Å². The molecule has 3 rings (SSSR count). The van der Waals surface area contributed by atoms with Gasteiger partial charge in [0, 0.05) is 5.56 Å². The van der Waals surface area contributed by atoms with E-state index in [1.807, 2.05) is 30.3 Å². The zero-order chi connectivity index (χ0) is 15.4. The van der Waals surface area contributed by atoms with E-state index in [0.717, 1.165) is 16.9 Å². The molecule has 0 saturated carbocycles. The molecule has 2 aromatic rings. The largest absolute Gasteiger partial charge is 0.489 e. The van der Waals surface area contributed by atoms with Crippen LogP contribution < -0.4 is 4.74 Å². The zero-order valence-electron chi connectivity index (χ0n) is 13.1. The van der Waals surface area contributed by atoms with E-state index in [4.69, 9.17) is 14.2 Å². The fraction of sp³-hybridized carbons (Fsp3) is 0.368. The van der Waals surface area contributed by atoms with Crippen LogP contribution >= 0.6 is 0 Å². The summed E-state index contributed by atoms with van der Waals surface area (Å²) in [5.74, 6) is 1.38. The van der Waals surface area contributed by atoms with E-state index in [9.17, 15) is 0 Å². The highest BCUT2D eigenvalue weighted by Gasteiger charge is 2.21. The number of hydrogen-bond acceptors (Lipinski definition) is 3. The Morgan fingerprint density at radius 2 is 1.68 bits per heavy atom. The van der Waals surface area contributed by atoms with Gasteiger partial charge < -0.3 is 14.2 Å². The maximum Gasteiger partial charge on any atom is 0.184 e. The van der Waals surface area contributed by atoms with Crippen molar-refractivity contribution in [3.63, 3.8) is 0 Å². The Labute approximate surface area is 131 Å². The molecule has 22 heavy (non-hydrogen) atoms. The predicted molar refractivity (Wildman–Crippen MR) is 86.0 cm³/mol. The van der Waals surface area contributed by atoms with Gasteiger partial charge in [0.15, 0.2) is 6.29 Å². The van der Waals surface area contributed by atoms with Crippen LogP contribution in [-0.4, -0.2) is 13.2 Å². The lowest BCUT2D eigenvalue weighted by molar-refractivity contribution is -0.0451. The summed E-state index contributed by atoms with van der Waals surface area (Å²) < 4.78 is 17.3. The van der Waals surface area contributed by atoms with Gasteiger partial charge in [0.25, 0.3) is 0 Å². The summed E-state index contributed by atoms with van der Waals surface area (Å²) in [6.07, 6.45) is -0.264. The van der Waals surface area contributed by atoms with E-state index in [1.54, 1.807) is 0 Å². The third-order valence-corrected chi connectivity index (χ3v) is 3.86. The van der Waals surface area contributed by atoms with E-state index >= 15 is 0 Å². The lowest BCUT2D eigenvalue weighted by Gasteiger charge is -2.17. The molecule has 1 saturated heterocycles. The summed E-state index contributed by atoms with van der Waals surface area (Å²) in [7, 11) is 0. The van der Waals surface area contributed by atoms with E-state index < -0.39 is 0 Å². The molecule has 1 aliphatic heterocycles. The summed E-state index contributed by atoms with van der Waals surface area (Å²) in [5, 5.41) is 0. The van der Waals surface area contributed by atoms with Crippen LogP contribution in [0.25, 0.3) is 0 Å². The Kier molecular flexibility index (Phi) is 4.76. The second-order valence-electron chi connectivity index (χ2n) is 5.75. The molecule has 1 aliphatic rings. The molecule has 1 fully saturated rings. The second-order valence-corrected chi connectivity index (χ2v) is 5.75. The van der Waals surface area contributed by atoms with Crippen LogP contribution in [0.5, 0.6) is 5.75 Å². The molecule has 0 bridgehead atoms. The number of para-hydroxylation sites is 1. The van der Waals surface area contributed by atoms with Crippen LogP contribution in [0.15, 0.2) is 48.5 Å². The third-order valence-electron chi connectivity index (χ3n) is 3.86. The van der Waals surface area contributed by atoms with Gasteiger partial charge in [-0.05, 0) is 23.1 Å². The fourth-order valence-electron chi connectivity index (χ4n) is 2.68. The average molecular weight is 298 g/mol. The number of ether oxygens (including phenoxy) is 3. The van der Waals surface area contributed by atoms with Gasteiger partial charge in [0.1, 0.15) is 12.4 Å². The average Bonchev–Trinajstić information content (AvgIpc) is 3.07. The Bertz CT molecular complexity index is 616. The molecule has 3 heteroatoms. The zero-order valence-corrected chi connectivity index (χ0v) is 13.1. The Morgan fingerprint density at radius 1 is 1.00 bits per heavy atom. The van der Waals surface area contributed by atoms with Gasteiger partial charge in [-0.3, -0.25) is 0 Å². The summed E-state index contributed by atoms with van der Waals surface area (Å²) in [5.41, 5.74) is 3.39. The van der Waals surface area contributed by atoms with Crippen molar-refractivity contribution in [3.05, 3.63) is 65.2 Å². The van der Waals surface area contributed by atoms with Crippen molar-refractivity contribution in [2.75, 3.05) is 13.2 Å². The Hall–Kier alpha value is -1.84. The van der Waals surface area contributed by atoms with Crippen molar-refractivity contribution in [1.29, 1.82) is 0 Å². The topological polar surface area (TPSA) is 27.7 Å². The van der Waals surface area contributed by atoms with Crippen molar-refractivity contribution in [2.24, 2.45) is 0 Å². The number of benzene rings is 2. The molecule has 1 heterocycles. The molecule has 0 N–H and O–H groups in total. The van der Waals surface area contributed by atoms with E-state index in [-0.39, 0.29) is 6.29 Å². The van der Waals surface area contributed by atoms with Crippen LogP contribution in [0.1, 0.15) is 42.7 Å². The van der Waals surface area contributed by atoms with Gasteiger partial charge in [-0.15, -0.1) is 0 Å². The highest BCUT2D eigenvalue weighted by atomic mass is 16.7. The summed E-state index contributed by atoms with van der Waals surface area (Å²) in [4.78, 5) is 0. The van der Waals surface area contributed by atoms with Crippen LogP contribution in [0, 0.1) is 0 Å². The SMILES string of the molecule is CC(C)c1ccccc1OCc1ccccc1C1OCCO1. The summed E-state index contributed by atoms with van der Waals surface area (Å²) >= 11 is 0. The smallest absolute Gasteiger partial charge is 0.184 e. The summed E-state index contributed by atoms with van der Waals surface area (Å²) in [6.45, 7) is 6.17. The first-order valence-corrected chi connectivity index (χ1v) is 7.78. The van der Waals surface area contributed by atoms with Gasteiger partial charge in [0.2, 0.25) is 0 Å². The Morgan fingerprint density at radius 3 is 2.45 bits per heavy atom. The van der Waals surface area contributed by atoms with E-state index in [1.165, 1.54) is 5.56 Å². The van der Waals surface area contributed by atoms with Crippen molar-refractivity contribution in [3.8, 4) is 5.75 Å². The first-order valence-electron chi connectivity index (χ1n) is 7.78. The minimum atomic E-state index is -0.264. The Balaban J connectivity index is 1.77. The third kappa shape index (κ3) is 3.32. The minimum Gasteiger partial charge on any atom is -0.489 e. The van der Waals surface area contributed by atoms with Crippen molar-refractivity contribution < 1.29 is 14.2 Å². The first-order chi connectivity index (χ1) is 10.8. The maximum absolute atomic E-state index is 6.07. The molecule has 0 spiro atoms. The number of hydrogen-bond donors (Lipinski definition) is 0. The van der Waals surface area contributed by atoms with Gasteiger partial charge in [-0.25, -0.2) is 0 Å². The normalized spacial score (nSPS) is 15.4. The lowest BCUT2D eigenvalue weighted by atomic mass is 10.0. The summed E-state index contributed by atoms with van der Waals surface area (Å²) in [6, 6.07) is 16.3. The molecular formula is C19H22O3. The molecule has 0 amide bonds. The second kappa shape index (κ2) is 6.95. The van der Waals surface area contributed by atoms with Gasteiger partial charge in [-0.1, -0.05) is 56.3 Å². The molecular weight excluding hydrogens is 276 g/mol. The van der Waals surface area contributed by atoms with Gasteiger partial charge in [-0.2, -0.15) is 0 Å². The fourth-order valence-corrected chi connectivity index (χ4v) is 2.68. The number of rotatable bonds is 5. The highest BCUT2D eigenvalue weighted by Crippen LogP contribution is 2.29. The van der Waals surface area contributed by atoms with Crippen molar-refractivity contribution in [2.45, 2.75) is 32.7 Å². The quantitative estimate of drug-likeness (QED) is 0.817. The molecule has 0 aromatic heterocycles. The van der Waals surface area contributed by atoms with Gasteiger partial charge >= 0.3 is 0 Å². The van der Waals surface area contributed by atoms with E-state index in [2.05, 4.69) is 32.0 Å². The molecule has 0 unspecified atom stereocenters. The monoisotopic (exact) mass is 298 g/mol. The first kappa shape index (κ1) is 15.1. The minimum absolute atomic E-state index is 0.264. The van der Waals surface area contributed by atoms with Crippen LogP contribution in [0.3, 0.4) is 0 Å². The molecule has 2 aromatic carbocycles. The predicted octanol–water partition coefficient (Wildman–Crippen LogP) is 4.43.